The Labute approximate surface area is 114 Å². The number of halogens is 1. The number of rotatable bonds is 9. The van der Waals surface area contributed by atoms with E-state index in [1.807, 2.05) is 0 Å². The molecule has 0 saturated heterocycles. The van der Waals surface area contributed by atoms with Crippen molar-refractivity contribution in [3.05, 3.63) is 29.6 Å². The molecule has 19 heavy (non-hydrogen) atoms. The van der Waals surface area contributed by atoms with Crippen LogP contribution in [0, 0.1) is 11.7 Å². The quantitative estimate of drug-likeness (QED) is 0.551. The average molecular weight is 267 g/mol. The molecule has 0 radical (unpaired) electrons. The molecule has 106 valence electrons. The Balaban J connectivity index is 1.81. The van der Waals surface area contributed by atoms with Crippen LogP contribution in [0.25, 0.3) is 0 Å². The lowest BCUT2D eigenvalue weighted by Gasteiger charge is -2.12. The van der Waals surface area contributed by atoms with E-state index in [2.05, 4.69) is 12.2 Å². The van der Waals surface area contributed by atoms with E-state index in [-0.39, 0.29) is 12.6 Å². The molecule has 1 saturated carbocycles. The van der Waals surface area contributed by atoms with Gasteiger partial charge in [0.05, 0.1) is 6.61 Å². The maximum absolute atomic E-state index is 13.2. The zero-order valence-corrected chi connectivity index (χ0v) is 11.5. The summed E-state index contributed by atoms with van der Waals surface area (Å²) < 4.78 is 24.3. The lowest BCUT2D eigenvalue weighted by molar-refractivity contribution is 0.00937. The lowest BCUT2D eigenvalue weighted by Crippen LogP contribution is -2.15. The van der Waals surface area contributed by atoms with Gasteiger partial charge in [-0.1, -0.05) is 6.92 Å². The summed E-state index contributed by atoms with van der Waals surface area (Å²) in [4.78, 5) is 0. The fourth-order valence-electron chi connectivity index (χ4n) is 1.83. The zero-order valence-electron chi connectivity index (χ0n) is 11.5. The molecule has 3 nitrogen and oxygen atoms in total. The monoisotopic (exact) mass is 267 g/mol. The van der Waals surface area contributed by atoms with E-state index < -0.39 is 0 Å². The van der Waals surface area contributed by atoms with E-state index in [4.69, 9.17) is 9.47 Å². The van der Waals surface area contributed by atoms with Crippen LogP contribution in [0.2, 0.25) is 0 Å². The molecule has 0 amide bonds. The SMILES string of the molecule is CCCNCc1cc(F)ccc1OCOCC1CC1. The number of ether oxygens (including phenoxy) is 2. The van der Waals surface area contributed by atoms with Gasteiger partial charge >= 0.3 is 0 Å². The van der Waals surface area contributed by atoms with Crippen LogP contribution in [0.3, 0.4) is 0 Å². The van der Waals surface area contributed by atoms with Gasteiger partial charge in [0.25, 0.3) is 0 Å². The topological polar surface area (TPSA) is 30.5 Å². The molecule has 1 aliphatic rings. The lowest BCUT2D eigenvalue weighted by atomic mass is 10.2. The Bertz CT molecular complexity index is 394. The van der Waals surface area contributed by atoms with Crippen LogP contribution in [0.5, 0.6) is 5.75 Å². The van der Waals surface area contributed by atoms with E-state index >= 15 is 0 Å². The van der Waals surface area contributed by atoms with Crippen LogP contribution in [0.1, 0.15) is 31.7 Å². The summed E-state index contributed by atoms with van der Waals surface area (Å²) in [6.07, 6.45) is 3.58. The Morgan fingerprint density at radius 2 is 2.21 bits per heavy atom. The molecule has 0 heterocycles. The maximum atomic E-state index is 13.2. The van der Waals surface area contributed by atoms with Gasteiger partial charge in [-0.05, 0) is 49.9 Å². The van der Waals surface area contributed by atoms with Crippen molar-refractivity contribution in [3.8, 4) is 5.75 Å². The molecule has 0 aromatic heterocycles. The number of hydrogen-bond donors (Lipinski definition) is 1. The fourth-order valence-corrected chi connectivity index (χ4v) is 1.83. The highest BCUT2D eigenvalue weighted by molar-refractivity contribution is 5.33. The van der Waals surface area contributed by atoms with E-state index in [9.17, 15) is 4.39 Å². The Morgan fingerprint density at radius 1 is 1.37 bits per heavy atom. The average Bonchev–Trinajstić information content (AvgIpc) is 3.21. The van der Waals surface area contributed by atoms with E-state index in [1.165, 1.54) is 25.0 Å². The molecule has 4 heteroatoms. The highest BCUT2D eigenvalue weighted by Crippen LogP contribution is 2.28. The highest BCUT2D eigenvalue weighted by atomic mass is 19.1. The first-order chi connectivity index (χ1) is 9.29. The molecule has 0 unspecified atom stereocenters. The van der Waals surface area contributed by atoms with E-state index in [0.717, 1.165) is 31.1 Å². The summed E-state index contributed by atoms with van der Waals surface area (Å²) in [5.74, 6) is 1.18. The van der Waals surface area contributed by atoms with Crippen molar-refractivity contribution in [2.45, 2.75) is 32.7 Å². The molecule has 1 N–H and O–H groups in total. The first kappa shape index (κ1) is 14.3. The minimum absolute atomic E-state index is 0.237. The second-order valence-corrected chi connectivity index (χ2v) is 5.01. The molecule has 1 aromatic carbocycles. The van der Waals surface area contributed by atoms with Crippen molar-refractivity contribution in [3.63, 3.8) is 0 Å². The van der Waals surface area contributed by atoms with Gasteiger partial charge < -0.3 is 14.8 Å². The fraction of sp³-hybridized carbons (Fsp3) is 0.600. The van der Waals surface area contributed by atoms with E-state index in [1.54, 1.807) is 6.07 Å². The minimum atomic E-state index is -0.237. The van der Waals surface area contributed by atoms with Crippen molar-refractivity contribution < 1.29 is 13.9 Å². The molecule has 0 atom stereocenters. The van der Waals surface area contributed by atoms with Crippen molar-refractivity contribution in [1.29, 1.82) is 0 Å². The largest absolute Gasteiger partial charge is 0.467 e. The van der Waals surface area contributed by atoms with Crippen molar-refractivity contribution in [1.82, 2.24) is 5.32 Å². The second-order valence-electron chi connectivity index (χ2n) is 5.01. The van der Waals surface area contributed by atoms with Gasteiger partial charge in [-0.25, -0.2) is 4.39 Å². The van der Waals surface area contributed by atoms with Crippen LogP contribution in [-0.2, 0) is 11.3 Å². The molecule has 1 aromatic rings. The molecule has 0 spiro atoms. The predicted octanol–water partition coefficient (Wildman–Crippen LogP) is 3.09. The van der Waals surface area contributed by atoms with Gasteiger partial charge in [0.1, 0.15) is 11.6 Å². The molecule has 0 bridgehead atoms. The predicted molar refractivity (Wildman–Crippen MR) is 72.6 cm³/mol. The van der Waals surface area contributed by atoms with Gasteiger partial charge in [0, 0.05) is 12.1 Å². The zero-order chi connectivity index (χ0) is 13.5. The van der Waals surface area contributed by atoms with Crippen molar-refractivity contribution in [2.75, 3.05) is 19.9 Å². The minimum Gasteiger partial charge on any atom is -0.467 e. The number of hydrogen-bond acceptors (Lipinski definition) is 3. The van der Waals surface area contributed by atoms with Crippen LogP contribution in [-0.4, -0.2) is 19.9 Å². The van der Waals surface area contributed by atoms with Gasteiger partial charge in [0.2, 0.25) is 0 Å². The van der Waals surface area contributed by atoms with Crippen LogP contribution in [0.4, 0.5) is 4.39 Å². The van der Waals surface area contributed by atoms with E-state index in [0.29, 0.717) is 12.3 Å². The smallest absolute Gasteiger partial charge is 0.189 e. The van der Waals surface area contributed by atoms with Crippen molar-refractivity contribution >= 4 is 0 Å². The van der Waals surface area contributed by atoms with Gasteiger partial charge in [-0.15, -0.1) is 0 Å². The highest BCUT2D eigenvalue weighted by Gasteiger charge is 2.21. The second kappa shape index (κ2) is 7.46. The maximum Gasteiger partial charge on any atom is 0.189 e. The Morgan fingerprint density at radius 3 is 2.95 bits per heavy atom. The van der Waals surface area contributed by atoms with Gasteiger partial charge in [-0.3, -0.25) is 0 Å². The summed E-state index contributed by atoms with van der Waals surface area (Å²) in [7, 11) is 0. The number of benzene rings is 1. The summed E-state index contributed by atoms with van der Waals surface area (Å²) in [6.45, 7) is 4.63. The Hall–Kier alpha value is -1.13. The molecule has 1 aliphatic carbocycles. The summed E-state index contributed by atoms with van der Waals surface area (Å²) in [5, 5.41) is 3.25. The van der Waals surface area contributed by atoms with Gasteiger partial charge in [-0.2, -0.15) is 0 Å². The third kappa shape index (κ3) is 5.17. The van der Waals surface area contributed by atoms with Crippen LogP contribution >= 0.6 is 0 Å². The summed E-state index contributed by atoms with van der Waals surface area (Å²) in [5.41, 5.74) is 0.837. The summed E-state index contributed by atoms with van der Waals surface area (Å²) in [6, 6.07) is 4.59. The molecule has 2 rings (SSSR count). The normalized spacial score (nSPS) is 14.6. The number of nitrogens with one attached hydrogen (secondary N) is 1. The summed E-state index contributed by atoms with van der Waals surface area (Å²) >= 11 is 0. The molecular weight excluding hydrogens is 245 g/mol. The standard InChI is InChI=1S/C15H22FNO2/c1-2-7-17-9-13-8-14(16)5-6-15(13)19-11-18-10-12-3-4-12/h5-6,8,12,17H,2-4,7,9-11H2,1H3. The Kier molecular flexibility index (Phi) is 5.61. The molecular formula is C15H22FNO2. The van der Waals surface area contributed by atoms with Crippen LogP contribution in [0.15, 0.2) is 18.2 Å². The first-order valence-corrected chi connectivity index (χ1v) is 6.99. The third-order valence-corrected chi connectivity index (χ3v) is 3.11. The molecule has 1 fully saturated rings. The molecule has 0 aliphatic heterocycles. The van der Waals surface area contributed by atoms with Gasteiger partial charge in [0.15, 0.2) is 6.79 Å². The van der Waals surface area contributed by atoms with Crippen molar-refractivity contribution in [2.24, 2.45) is 5.92 Å². The third-order valence-electron chi connectivity index (χ3n) is 3.11. The first-order valence-electron chi connectivity index (χ1n) is 6.99. The van der Waals surface area contributed by atoms with Crippen LogP contribution < -0.4 is 10.1 Å².